The van der Waals surface area contributed by atoms with E-state index in [2.05, 4.69) is 14.7 Å². The van der Waals surface area contributed by atoms with Gasteiger partial charge in [-0.3, -0.25) is 4.72 Å². The molecule has 0 aliphatic heterocycles. The lowest BCUT2D eigenvalue weighted by atomic mass is 10.1. The van der Waals surface area contributed by atoms with Crippen molar-refractivity contribution in [1.82, 2.24) is 9.71 Å². The molecule has 0 amide bonds. The highest BCUT2D eigenvalue weighted by molar-refractivity contribution is 7.91. The molecule has 0 aliphatic carbocycles. The van der Waals surface area contributed by atoms with Crippen molar-refractivity contribution in [3.63, 3.8) is 0 Å². The number of rotatable bonds is 6. The van der Waals surface area contributed by atoms with Gasteiger partial charge in [0.05, 0.1) is 15.6 Å². The SMILES string of the molecule is CC(Cc1csc(N=C(N)N)n1)C(=S)NS(=O)(=O)c1ccccc1. The van der Waals surface area contributed by atoms with Crippen LogP contribution in [0.1, 0.15) is 12.6 Å². The first-order valence-electron chi connectivity index (χ1n) is 6.93. The molecule has 0 radical (unpaired) electrons. The standard InChI is InChI=1S/C14H17N5O2S3/c1-9(7-10-8-23-14(17-10)18-13(15)16)12(22)19-24(20,21)11-5-3-2-4-6-11/h2-6,8-9H,7H2,1H3,(H,19,22)(H4,15,16,17,18). The van der Waals surface area contributed by atoms with Crippen molar-refractivity contribution in [2.45, 2.75) is 18.2 Å². The van der Waals surface area contributed by atoms with Gasteiger partial charge >= 0.3 is 0 Å². The molecule has 2 rings (SSSR count). The zero-order valence-electron chi connectivity index (χ0n) is 12.8. The Balaban J connectivity index is 2.02. The molecule has 0 fully saturated rings. The predicted molar refractivity (Wildman–Crippen MR) is 99.8 cm³/mol. The Hall–Kier alpha value is -2.04. The first-order valence-corrected chi connectivity index (χ1v) is 9.71. The number of hydrogen-bond donors (Lipinski definition) is 3. The normalized spacial score (nSPS) is 12.4. The van der Waals surface area contributed by atoms with E-state index >= 15 is 0 Å². The number of nitrogens with two attached hydrogens (primary N) is 2. The quantitative estimate of drug-likeness (QED) is 0.395. The van der Waals surface area contributed by atoms with Crippen molar-refractivity contribution in [2.24, 2.45) is 22.4 Å². The van der Waals surface area contributed by atoms with E-state index in [1.165, 1.54) is 23.5 Å². The number of guanidine groups is 1. The lowest BCUT2D eigenvalue weighted by Crippen LogP contribution is -2.34. The molecule has 2 aromatic rings. The van der Waals surface area contributed by atoms with Crippen molar-refractivity contribution in [3.05, 3.63) is 41.4 Å². The molecule has 0 bridgehead atoms. The Morgan fingerprint density at radius 1 is 1.38 bits per heavy atom. The van der Waals surface area contributed by atoms with Crippen LogP contribution < -0.4 is 16.2 Å². The summed E-state index contributed by atoms with van der Waals surface area (Å²) in [6, 6.07) is 8.08. The van der Waals surface area contributed by atoms with Crippen LogP contribution in [0.2, 0.25) is 0 Å². The highest BCUT2D eigenvalue weighted by atomic mass is 32.2. The van der Waals surface area contributed by atoms with Gasteiger partial charge in [0, 0.05) is 11.3 Å². The summed E-state index contributed by atoms with van der Waals surface area (Å²) in [7, 11) is -3.67. The summed E-state index contributed by atoms with van der Waals surface area (Å²) >= 11 is 6.52. The molecule has 10 heteroatoms. The lowest BCUT2D eigenvalue weighted by Gasteiger charge is -2.14. The minimum atomic E-state index is -3.67. The van der Waals surface area contributed by atoms with E-state index in [1.807, 2.05) is 12.3 Å². The molecule has 24 heavy (non-hydrogen) atoms. The molecule has 1 atom stereocenters. The highest BCUT2D eigenvalue weighted by Crippen LogP contribution is 2.21. The Morgan fingerprint density at radius 2 is 2.04 bits per heavy atom. The minimum Gasteiger partial charge on any atom is -0.370 e. The maximum atomic E-state index is 12.3. The van der Waals surface area contributed by atoms with Crippen molar-refractivity contribution >= 4 is 49.7 Å². The fraction of sp³-hybridized carbons (Fsp3) is 0.214. The van der Waals surface area contributed by atoms with Crippen LogP contribution in [0.4, 0.5) is 5.13 Å². The van der Waals surface area contributed by atoms with Gasteiger partial charge in [-0.2, -0.15) is 4.99 Å². The van der Waals surface area contributed by atoms with E-state index in [0.29, 0.717) is 11.6 Å². The van der Waals surface area contributed by atoms with Crippen molar-refractivity contribution < 1.29 is 8.42 Å². The number of sulfonamides is 1. The zero-order valence-corrected chi connectivity index (χ0v) is 15.3. The second-order valence-electron chi connectivity index (χ2n) is 5.05. The maximum Gasteiger partial charge on any atom is 0.262 e. The topological polar surface area (TPSA) is 123 Å². The fourth-order valence-electron chi connectivity index (χ4n) is 1.85. The predicted octanol–water partition coefficient (Wildman–Crippen LogP) is 1.53. The third kappa shape index (κ3) is 4.98. The van der Waals surface area contributed by atoms with Crippen molar-refractivity contribution in [2.75, 3.05) is 0 Å². The first-order chi connectivity index (χ1) is 11.3. The van der Waals surface area contributed by atoms with E-state index in [4.69, 9.17) is 23.7 Å². The van der Waals surface area contributed by atoms with Gasteiger partial charge in [-0.1, -0.05) is 37.3 Å². The summed E-state index contributed by atoms with van der Waals surface area (Å²) in [6.45, 7) is 1.83. The number of hydrogen-bond acceptors (Lipinski definition) is 6. The van der Waals surface area contributed by atoms with Gasteiger partial charge in [0.1, 0.15) is 0 Å². The second-order valence-corrected chi connectivity index (χ2v) is 8.00. The molecule has 1 heterocycles. The molecule has 0 saturated carbocycles. The Bertz CT molecular complexity index is 842. The molecule has 1 unspecified atom stereocenters. The van der Waals surface area contributed by atoms with Gasteiger partial charge in [-0.05, 0) is 18.6 Å². The summed E-state index contributed by atoms with van der Waals surface area (Å²) in [5.41, 5.74) is 11.4. The monoisotopic (exact) mass is 383 g/mol. The number of aliphatic imine (C=N–C) groups is 1. The smallest absolute Gasteiger partial charge is 0.262 e. The Morgan fingerprint density at radius 3 is 2.67 bits per heavy atom. The van der Waals surface area contributed by atoms with Crippen molar-refractivity contribution in [3.8, 4) is 0 Å². The van der Waals surface area contributed by atoms with Crippen LogP contribution in [-0.2, 0) is 16.4 Å². The molecule has 0 saturated heterocycles. The number of nitrogens with one attached hydrogen (secondary N) is 1. The summed E-state index contributed by atoms with van der Waals surface area (Å²) in [6.07, 6.45) is 0.479. The molecular formula is C14H17N5O2S3. The summed E-state index contributed by atoms with van der Waals surface area (Å²) in [5, 5.41) is 2.26. The van der Waals surface area contributed by atoms with E-state index in [-0.39, 0.29) is 21.8 Å². The van der Waals surface area contributed by atoms with Gasteiger partial charge in [0.2, 0.25) is 5.13 Å². The number of benzene rings is 1. The van der Waals surface area contributed by atoms with E-state index in [1.54, 1.807) is 18.2 Å². The van der Waals surface area contributed by atoms with Crippen LogP contribution in [0.5, 0.6) is 0 Å². The summed E-state index contributed by atoms with van der Waals surface area (Å²) in [5.74, 6) is -0.275. The van der Waals surface area contributed by atoms with Gasteiger partial charge < -0.3 is 11.5 Å². The summed E-state index contributed by atoms with van der Waals surface area (Å²) in [4.78, 5) is 8.53. The van der Waals surface area contributed by atoms with Crippen LogP contribution in [-0.4, -0.2) is 24.3 Å². The first kappa shape index (κ1) is 18.3. The number of aromatic nitrogens is 1. The van der Waals surface area contributed by atoms with Crippen LogP contribution in [0.25, 0.3) is 0 Å². The lowest BCUT2D eigenvalue weighted by molar-refractivity contribution is 0.590. The largest absolute Gasteiger partial charge is 0.370 e. The van der Waals surface area contributed by atoms with Crippen LogP contribution in [0.15, 0.2) is 45.6 Å². The van der Waals surface area contributed by atoms with Gasteiger partial charge in [-0.15, -0.1) is 11.3 Å². The fourth-order valence-corrected chi connectivity index (χ4v) is 4.08. The number of thiazole rings is 1. The Kier molecular flexibility index (Phi) is 5.86. The Labute approximate surface area is 149 Å². The van der Waals surface area contributed by atoms with E-state index < -0.39 is 10.0 Å². The van der Waals surface area contributed by atoms with E-state index in [0.717, 1.165) is 5.69 Å². The number of thiocarbonyl (C=S) groups is 1. The highest BCUT2D eigenvalue weighted by Gasteiger charge is 2.19. The molecule has 0 spiro atoms. The zero-order chi connectivity index (χ0) is 17.7. The molecule has 128 valence electrons. The minimum absolute atomic E-state index is 0.0601. The third-order valence-electron chi connectivity index (χ3n) is 3.02. The molecule has 1 aromatic carbocycles. The van der Waals surface area contributed by atoms with Gasteiger partial charge in [0.25, 0.3) is 10.0 Å². The van der Waals surface area contributed by atoms with E-state index in [9.17, 15) is 8.42 Å². The molecule has 5 N–H and O–H groups in total. The van der Waals surface area contributed by atoms with Gasteiger partial charge in [-0.25, -0.2) is 13.4 Å². The average Bonchev–Trinajstić information content (AvgIpc) is 2.94. The third-order valence-corrected chi connectivity index (χ3v) is 5.81. The van der Waals surface area contributed by atoms with Crippen LogP contribution in [0.3, 0.4) is 0 Å². The molecule has 0 aliphatic rings. The second kappa shape index (κ2) is 7.69. The average molecular weight is 384 g/mol. The number of nitrogens with zero attached hydrogens (tertiary/aromatic N) is 2. The molecule has 1 aromatic heterocycles. The van der Waals surface area contributed by atoms with Crippen LogP contribution in [0, 0.1) is 5.92 Å². The maximum absolute atomic E-state index is 12.3. The van der Waals surface area contributed by atoms with Crippen LogP contribution >= 0.6 is 23.6 Å². The van der Waals surface area contributed by atoms with Crippen molar-refractivity contribution in [1.29, 1.82) is 0 Å². The molecular weight excluding hydrogens is 366 g/mol. The molecule has 7 nitrogen and oxygen atoms in total. The van der Waals surface area contributed by atoms with Gasteiger partial charge in [0.15, 0.2) is 5.96 Å². The summed E-state index contributed by atoms with van der Waals surface area (Å²) < 4.78 is 27.0.